The number of amides is 1. The van der Waals surface area contributed by atoms with Crippen LogP contribution in [0.1, 0.15) is 21.6 Å². The number of carbonyl (C=O) groups excluding carboxylic acids is 1. The zero-order chi connectivity index (χ0) is 18.5. The van der Waals surface area contributed by atoms with Gasteiger partial charge in [-0.2, -0.15) is 0 Å². The van der Waals surface area contributed by atoms with Gasteiger partial charge in [-0.15, -0.1) is 0 Å². The van der Waals surface area contributed by atoms with Gasteiger partial charge in [-0.05, 0) is 35.4 Å². The van der Waals surface area contributed by atoms with Gasteiger partial charge >= 0.3 is 0 Å². The normalized spacial score (nSPS) is 10.7. The number of fused-ring (bicyclic) bond motifs is 1. The predicted octanol–water partition coefficient (Wildman–Crippen LogP) is 4.47. The zero-order valence-electron chi connectivity index (χ0n) is 14.8. The van der Waals surface area contributed by atoms with Crippen LogP contribution in [0.3, 0.4) is 0 Å². The fourth-order valence-corrected chi connectivity index (χ4v) is 3.04. The van der Waals surface area contributed by atoms with Crippen LogP contribution in [0.15, 0.2) is 91.1 Å². The lowest BCUT2D eigenvalue weighted by Gasteiger charge is -2.23. The van der Waals surface area contributed by atoms with Crippen molar-refractivity contribution in [3.63, 3.8) is 0 Å². The molecule has 0 atom stereocenters. The number of pyridine rings is 2. The smallest absolute Gasteiger partial charge is 0.273 e. The highest BCUT2D eigenvalue weighted by atomic mass is 16.2. The third-order valence-corrected chi connectivity index (χ3v) is 4.40. The molecule has 0 spiro atoms. The van der Waals surface area contributed by atoms with Gasteiger partial charge in [0, 0.05) is 24.7 Å². The summed E-state index contributed by atoms with van der Waals surface area (Å²) in [4.78, 5) is 23.8. The van der Waals surface area contributed by atoms with Gasteiger partial charge in [0.25, 0.3) is 5.91 Å². The summed E-state index contributed by atoms with van der Waals surface area (Å²) in [7, 11) is 0. The zero-order valence-corrected chi connectivity index (χ0v) is 14.8. The largest absolute Gasteiger partial charge is 0.329 e. The third kappa shape index (κ3) is 4.01. The Kier molecular flexibility index (Phi) is 4.88. The topological polar surface area (TPSA) is 46.1 Å². The predicted molar refractivity (Wildman–Crippen MR) is 106 cm³/mol. The molecule has 4 rings (SSSR count). The summed E-state index contributed by atoms with van der Waals surface area (Å²) in [5.74, 6) is -0.102. The van der Waals surface area contributed by atoms with E-state index in [1.54, 1.807) is 12.3 Å². The second kappa shape index (κ2) is 7.79. The molecule has 27 heavy (non-hydrogen) atoms. The Morgan fingerprint density at radius 2 is 1.37 bits per heavy atom. The van der Waals surface area contributed by atoms with Crippen molar-refractivity contribution in [1.29, 1.82) is 0 Å². The van der Waals surface area contributed by atoms with E-state index in [0.717, 1.165) is 16.5 Å². The number of hydrogen-bond donors (Lipinski definition) is 0. The molecular formula is C23H19N3O. The van der Waals surface area contributed by atoms with Crippen molar-refractivity contribution < 1.29 is 4.79 Å². The van der Waals surface area contributed by atoms with Crippen LogP contribution in [-0.2, 0) is 13.1 Å². The SMILES string of the molecule is O=C(c1ccc2cccnc2n1)N(Cc1ccccc1)Cc1ccccc1. The summed E-state index contributed by atoms with van der Waals surface area (Å²) in [6, 6.07) is 27.5. The standard InChI is InChI=1S/C23H19N3O/c27-23(21-14-13-20-12-7-15-24-22(20)25-21)26(16-18-8-3-1-4-9-18)17-19-10-5-2-6-11-19/h1-15H,16-17H2. The van der Waals surface area contributed by atoms with E-state index in [2.05, 4.69) is 9.97 Å². The maximum Gasteiger partial charge on any atom is 0.273 e. The van der Waals surface area contributed by atoms with Crippen LogP contribution in [0.2, 0.25) is 0 Å². The average molecular weight is 353 g/mol. The number of aromatic nitrogens is 2. The summed E-state index contributed by atoms with van der Waals surface area (Å²) in [6.45, 7) is 1.05. The average Bonchev–Trinajstić information content (AvgIpc) is 2.74. The monoisotopic (exact) mass is 353 g/mol. The molecule has 0 N–H and O–H groups in total. The Morgan fingerprint density at radius 3 is 2.00 bits per heavy atom. The molecule has 2 heterocycles. The first-order chi connectivity index (χ1) is 13.3. The first-order valence-electron chi connectivity index (χ1n) is 8.88. The maximum absolute atomic E-state index is 13.2. The molecule has 2 aromatic carbocycles. The first-order valence-corrected chi connectivity index (χ1v) is 8.88. The van der Waals surface area contributed by atoms with Crippen LogP contribution in [0, 0.1) is 0 Å². The second-order valence-corrected chi connectivity index (χ2v) is 6.38. The third-order valence-electron chi connectivity index (χ3n) is 4.40. The van der Waals surface area contributed by atoms with Gasteiger partial charge in [-0.1, -0.05) is 60.7 Å². The highest BCUT2D eigenvalue weighted by Crippen LogP contribution is 2.15. The van der Waals surface area contributed by atoms with Gasteiger partial charge in [-0.25, -0.2) is 9.97 Å². The van der Waals surface area contributed by atoms with Crippen LogP contribution in [0.5, 0.6) is 0 Å². The molecule has 0 radical (unpaired) electrons. The van der Waals surface area contributed by atoms with Crippen LogP contribution < -0.4 is 0 Å². The van der Waals surface area contributed by atoms with Gasteiger partial charge in [0.15, 0.2) is 5.65 Å². The molecule has 0 aliphatic carbocycles. The summed E-state index contributed by atoms with van der Waals surface area (Å²) < 4.78 is 0. The highest BCUT2D eigenvalue weighted by Gasteiger charge is 2.18. The lowest BCUT2D eigenvalue weighted by molar-refractivity contribution is 0.0724. The van der Waals surface area contributed by atoms with Gasteiger partial charge in [0.05, 0.1) is 0 Å². The molecule has 0 unspecified atom stereocenters. The van der Waals surface area contributed by atoms with Gasteiger partial charge < -0.3 is 4.90 Å². The molecule has 2 aromatic heterocycles. The van der Waals surface area contributed by atoms with Crippen LogP contribution in [0.25, 0.3) is 11.0 Å². The second-order valence-electron chi connectivity index (χ2n) is 6.38. The fourth-order valence-electron chi connectivity index (χ4n) is 3.04. The molecule has 4 aromatic rings. The van der Waals surface area contributed by atoms with Crippen LogP contribution >= 0.6 is 0 Å². The summed E-state index contributed by atoms with van der Waals surface area (Å²) in [5, 5.41) is 0.923. The Bertz CT molecular complexity index is 1010. The van der Waals surface area contributed by atoms with E-state index in [0.29, 0.717) is 24.4 Å². The van der Waals surface area contributed by atoms with Crippen LogP contribution in [-0.4, -0.2) is 20.8 Å². The van der Waals surface area contributed by atoms with Crippen molar-refractivity contribution in [1.82, 2.24) is 14.9 Å². The van der Waals surface area contributed by atoms with Crippen molar-refractivity contribution in [2.45, 2.75) is 13.1 Å². The van der Waals surface area contributed by atoms with E-state index >= 15 is 0 Å². The minimum atomic E-state index is -0.102. The number of benzene rings is 2. The molecular weight excluding hydrogens is 334 g/mol. The molecule has 1 amide bonds. The summed E-state index contributed by atoms with van der Waals surface area (Å²) >= 11 is 0. The minimum absolute atomic E-state index is 0.102. The highest BCUT2D eigenvalue weighted by molar-refractivity contribution is 5.94. The first kappa shape index (κ1) is 16.9. The molecule has 0 aliphatic rings. The van der Waals surface area contributed by atoms with Gasteiger partial charge in [-0.3, -0.25) is 4.79 Å². The van der Waals surface area contributed by atoms with Crippen molar-refractivity contribution in [2.24, 2.45) is 0 Å². The number of hydrogen-bond acceptors (Lipinski definition) is 3. The van der Waals surface area contributed by atoms with E-state index in [-0.39, 0.29) is 5.91 Å². The summed E-state index contributed by atoms with van der Waals surface area (Å²) in [5.41, 5.74) is 3.16. The molecule has 4 heteroatoms. The van der Waals surface area contributed by atoms with Gasteiger partial charge in [0.1, 0.15) is 5.69 Å². The Labute approximate surface area is 158 Å². The van der Waals surface area contributed by atoms with Crippen molar-refractivity contribution in [3.8, 4) is 0 Å². The Balaban J connectivity index is 1.66. The maximum atomic E-state index is 13.2. The molecule has 132 valence electrons. The fraction of sp³-hybridized carbons (Fsp3) is 0.0870. The molecule has 0 saturated heterocycles. The van der Waals surface area contributed by atoms with E-state index in [1.165, 1.54) is 0 Å². The molecule has 4 nitrogen and oxygen atoms in total. The van der Waals surface area contributed by atoms with E-state index < -0.39 is 0 Å². The Hall–Kier alpha value is -3.53. The van der Waals surface area contributed by atoms with E-state index in [1.807, 2.05) is 83.8 Å². The van der Waals surface area contributed by atoms with Crippen LogP contribution in [0.4, 0.5) is 0 Å². The number of nitrogens with zero attached hydrogens (tertiary/aromatic N) is 3. The van der Waals surface area contributed by atoms with Crippen molar-refractivity contribution in [3.05, 3.63) is 108 Å². The summed E-state index contributed by atoms with van der Waals surface area (Å²) in [6.07, 6.45) is 1.69. The van der Waals surface area contributed by atoms with E-state index in [4.69, 9.17) is 0 Å². The van der Waals surface area contributed by atoms with Crippen molar-refractivity contribution in [2.75, 3.05) is 0 Å². The molecule has 0 saturated carbocycles. The number of carbonyl (C=O) groups is 1. The number of rotatable bonds is 5. The molecule has 0 bridgehead atoms. The quantitative estimate of drug-likeness (QED) is 0.532. The molecule has 0 fully saturated rings. The van der Waals surface area contributed by atoms with E-state index in [9.17, 15) is 4.79 Å². The lowest BCUT2D eigenvalue weighted by Crippen LogP contribution is -2.30. The van der Waals surface area contributed by atoms with Crippen molar-refractivity contribution >= 4 is 16.9 Å². The Morgan fingerprint density at radius 1 is 0.741 bits per heavy atom. The van der Waals surface area contributed by atoms with Gasteiger partial charge in [0.2, 0.25) is 0 Å². The lowest BCUT2D eigenvalue weighted by atomic mass is 10.1. The minimum Gasteiger partial charge on any atom is -0.329 e. The molecule has 0 aliphatic heterocycles.